The zero-order chi connectivity index (χ0) is 21.1. The molecule has 162 valence electrons. The third-order valence-corrected chi connectivity index (χ3v) is 6.94. The third kappa shape index (κ3) is 8.12. The van der Waals surface area contributed by atoms with E-state index in [1.807, 2.05) is 32.0 Å². The van der Waals surface area contributed by atoms with Gasteiger partial charge in [0.1, 0.15) is 6.54 Å². The number of pyridine rings is 1. The molecule has 0 spiro atoms. The van der Waals surface area contributed by atoms with Crippen molar-refractivity contribution in [3.05, 3.63) is 30.1 Å². The van der Waals surface area contributed by atoms with Crippen molar-refractivity contribution in [1.82, 2.24) is 20.5 Å². The van der Waals surface area contributed by atoms with Crippen LogP contribution >= 0.6 is 0 Å². The molecule has 0 radical (unpaired) electrons. The molecular weight excluding hydrogens is 386 g/mol. The van der Waals surface area contributed by atoms with Crippen LogP contribution in [0.15, 0.2) is 29.4 Å². The van der Waals surface area contributed by atoms with Crippen LogP contribution in [0.1, 0.15) is 45.2 Å². The summed E-state index contributed by atoms with van der Waals surface area (Å²) in [5.74, 6) is 1.35. The van der Waals surface area contributed by atoms with Crippen molar-refractivity contribution in [3.8, 4) is 0 Å². The Hall–Kier alpha value is -1.96. The minimum absolute atomic E-state index is 0.0215. The molecule has 29 heavy (non-hydrogen) atoms. The van der Waals surface area contributed by atoms with Crippen LogP contribution in [-0.2, 0) is 22.0 Å². The Bertz CT molecular complexity index is 683. The first-order chi connectivity index (χ1) is 14.0. The smallest absolute Gasteiger partial charge is 0.244 e. The highest BCUT2D eigenvalue weighted by Gasteiger charge is 2.26. The van der Waals surface area contributed by atoms with Crippen LogP contribution in [0.25, 0.3) is 0 Å². The number of guanidine groups is 1. The van der Waals surface area contributed by atoms with Crippen molar-refractivity contribution < 1.29 is 9.00 Å². The van der Waals surface area contributed by atoms with Crippen molar-refractivity contribution in [3.63, 3.8) is 0 Å². The summed E-state index contributed by atoms with van der Waals surface area (Å²) in [6.45, 7) is 5.43. The average molecular weight is 422 g/mol. The predicted octanol–water partition coefficient (Wildman–Crippen LogP) is 1.72. The quantitative estimate of drug-likeness (QED) is 0.468. The molecule has 1 amide bonds. The Balaban J connectivity index is 1.85. The summed E-state index contributed by atoms with van der Waals surface area (Å²) in [6, 6.07) is 6.05. The number of carbonyl (C=O) groups excluding carboxylic acids is 1. The zero-order valence-corrected chi connectivity index (χ0v) is 18.7. The molecule has 8 heteroatoms. The fourth-order valence-electron chi connectivity index (χ4n) is 3.48. The monoisotopic (exact) mass is 421 g/mol. The number of aromatic nitrogens is 1. The molecule has 0 aliphatic heterocycles. The molecule has 1 aromatic heterocycles. The molecule has 2 N–H and O–H groups in total. The molecule has 1 fully saturated rings. The molecule has 3 unspecified atom stereocenters. The van der Waals surface area contributed by atoms with E-state index < -0.39 is 10.8 Å². The van der Waals surface area contributed by atoms with E-state index in [0.717, 1.165) is 44.3 Å². The highest BCUT2D eigenvalue weighted by atomic mass is 32.2. The van der Waals surface area contributed by atoms with Gasteiger partial charge in [0, 0.05) is 66.3 Å². The van der Waals surface area contributed by atoms with Crippen molar-refractivity contribution in [2.24, 2.45) is 4.99 Å². The highest BCUT2D eigenvalue weighted by Crippen LogP contribution is 2.22. The summed E-state index contributed by atoms with van der Waals surface area (Å²) in [5.41, 5.74) is 0.974. The lowest BCUT2D eigenvalue weighted by molar-refractivity contribution is -0.128. The number of amides is 1. The number of nitrogens with one attached hydrogen (secondary N) is 2. The first-order valence-corrected chi connectivity index (χ1v) is 12.0. The summed E-state index contributed by atoms with van der Waals surface area (Å²) >= 11 is 0. The summed E-state index contributed by atoms with van der Waals surface area (Å²) in [7, 11) is 1.04. The number of hydrogen-bond donors (Lipinski definition) is 2. The van der Waals surface area contributed by atoms with E-state index in [9.17, 15) is 9.00 Å². The van der Waals surface area contributed by atoms with Crippen molar-refractivity contribution in [2.75, 3.05) is 32.4 Å². The van der Waals surface area contributed by atoms with Crippen LogP contribution in [0, 0.1) is 0 Å². The van der Waals surface area contributed by atoms with Gasteiger partial charge in [0.2, 0.25) is 5.91 Å². The van der Waals surface area contributed by atoms with Crippen molar-refractivity contribution in [1.29, 1.82) is 0 Å². The predicted molar refractivity (Wildman–Crippen MR) is 119 cm³/mol. The number of aliphatic imine (C=N–C) groups is 1. The minimum Gasteiger partial charge on any atom is -0.357 e. The number of carbonyl (C=O) groups is 1. The molecule has 0 bridgehead atoms. The summed E-state index contributed by atoms with van der Waals surface area (Å²) in [4.78, 5) is 22.9. The molecule has 1 heterocycles. The topological polar surface area (TPSA) is 86.7 Å². The van der Waals surface area contributed by atoms with Crippen molar-refractivity contribution >= 4 is 22.7 Å². The molecule has 1 aliphatic rings. The van der Waals surface area contributed by atoms with Gasteiger partial charge in [-0.15, -0.1) is 0 Å². The lowest BCUT2D eigenvalue weighted by Crippen LogP contribution is -2.47. The zero-order valence-electron chi connectivity index (χ0n) is 17.9. The standard InChI is InChI=1S/C21H35N5O2S/c1-4-22-21(25-18-10-8-11-19(15-18)29(28)5-2)24-16-20(27)26(3)14-12-17-9-6-7-13-23-17/h6-7,9,13,18-19H,4-5,8,10-12,14-16H2,1-3H3,(H2,22,24,25). The molecule has 1 aliphatic carbocycles. The van der Waals surface area contributed by atoms with E-state index in [-0.39, 0.29) is 23.7 Å². The largest absolute Gasteiger partial charge is 0.357 e. The Morgan fingerprint density at radius 2 is 2.17 bits per heavy atom. The SMILES string of the molecule is CCNC(=NCC(=O)N(C)CCc1ccccn1)NC1CCCC(S(=O)CC)C1. The number of likely N-dealkylation sites (N-methyl/N-ethyl adjacent to an activating group) is 1. The average Bonchev–Trinajstić information content (AvgIpc) is 2.76. The van der Waals surface area contributed by atoms with Gasteiger partial charge in [-0.05, 0) is 38.3 Å². The second kappa shape index (κ2) is 12.6. The third-order valence-electron chi connectivity index (χ3n) is 5.20. The van der Waals surface area contributed by atoms with Crippen LogP contribution in [0.2, 0.25) is 0 Å². The van der Waals surface area contributed by atoms with Crippen molar-refractivity contribution in [2.45, 2.75) is 57.2 Å². The summed E-state index contributed by atoms with van der Waals surface area (Å²) < 4.78 is 12.2. The summed E-state index contributed by atoms with van der Waals surface area (Å²) in [6.07, 6.45) is 6.53. The van der Waals surface area contributed by atoms with Crippen LogP contribution < -0.4 is 10.6 Å². The first kappa shape index (κ1) is 23.3. The Morgan fingerprint density at radius 3 is 2.86 bits per heavy atom. The molecule has 1 aromatic rings. The van der Waals surface area contributed by atoms with Gasteiger partial charge < -0.3 is 15.5 Å². The molecule has 2 rings (SSSR count). The first-order valence-electron chi connectivity index (χ1n) is 10.6. The van der Waals surface area contributed by atoms with E-state index in [0.29, 0.717) is 18.3 Å². The lowest BCUT2D eigenvalue weighted by Gasteiger charge is -2.30. The summed E-state index contributed by atoms with van der Waals surface area (Å²) in [5, 5.41) is 6.92. The van der Waals surface area contributed by atoms with E-state index in [1.54, 1.807) is 18.1 Å². The number of rotatable bonds is 9. The van der Waals surface area contributed by atoms with Gasteiger partial charge >= 0.3 is 0 Å². The molecule has 0 saturated heterocycles. The van der Waals surface area contributed by atoms with Gasteiger partial charge in [0.05, 0.1) is 0 Å². The molecule has 3 atom stereocenters. The normalized spacial score (nSPS) is 20.7. The fraction of sp³-hybridized carbons (Fsp3) is 0.667. The van der Waals surface area contributed by atoms with Gasteiger partial charge in [0.15, 0.2) is 5.96 Å². The van der Waals surface area contributed by atoms with Crippen LogP contribution in [0.5, 0.6) is 0 Å². The van der Waals surface area contributed by atoms with Gasteiger partial charge in [-0.1, -0.05) is 19.4 Å². The van der Waals surface area contributed by atoms with E-state index in [1.165, 1.54) is 0 Å². The maximum atomic E-state index is 12.4. The van der Waals surface area contributed by atoms with E-state index in [4.69, 9.17) is 0 Å². The lowest BCUT2D eigenvalue weighted by atomic mass is 9.95. The van der Waals surface area contributed by atoms with Crippen LogP contribution in [0.3, 0.4) is 0 Å². The van der Waals surface area contributed by atoms with Gasteiger partial charge in [0.25, 0.3) is 0 Å². The van der Waals surface area contributed by atoms with Gasteiger partial charge in [-0.25, -0.2) is 4.99 Å². The van der Waals surface area contributed by atoms with Gasteiger partial charge in [-0.3, -0.25) is 14.0 Å². The minimum atomic E-state index is -0.754. The molecule has 7 nitrogen and oxygen atoms in total. The Labute approximate surface area is 177 Å². The number of nitrogens with zero attached hydrogens (tertiary/aromatic N) is 3. The van der Waals surface area contributed by atoms with E-state index >= 15 is 0 Å². The fourth-order valence-corrected chi connectivity index (χ4v) is 4.83. The Kier molecular flexibility index (Phi) is 10.1. The Morgan fingerprint density at radius 1 is 1.34 bits per heavy atom. The second-order valence-electron chi connectivity index (χ2n) is 7.38. The van der Waals surface area contributed by atoms with Gasteiger partial charge in [-0.2, -0.15) is 0 Å². The van der Waals surface area contributed by atoms with Crippen LogP contribution in [-0.4, -0.2) is 69.7 Å². The second-order valence-corrected chi connectivity index (χ2v) is 9.39. The highest BCUT2D eigenvalue weighted by molar-refractivity contribution is 7.85. The van der Waals surface area contributed by atoms with E-state index in [2.05, 4.69) is 20.6 Å². The maximum Gasteiger partial charge on any atom is 0.244 e. The number of hydrogen-bond acceptors (Lipinski definition) is 4. The maximum absolute atomic E-state index is 12.4. The molecule has 1 saturated carbocycles. The molecule has 0 aromatic carbocycles. The van der Waals surface area contributed by atoms with Crippen LogP contribution in [0.4, 0.5) is 0 Å². The molecular formula is C21H35N5O2S.